The van der Waals surface area contributed by atoms with Crippen LogP contribution in [-0.4, -0.2) is 19.2 Å². The molecule has 0 saturated carbocycles. The number of rotatable bonds is 6. The number of carbonyl (C=O) groups is 1. The molecule has 0 aliphatic carbocycles. The summed E-state index contributed by atoms with van der Waals surface area (Å²) in [6.45, 7) is 10.1. The van der Waals surface area contributed by atoms with Crippen LogP contribution in [0.2, 0.25) is 0 Å². The number of hydrogen-bond donors (Lipinski definition) is 0. The normalized spacial score (nSPS) is 13.2. The highest BCUT2D eigenvalue weighted by molar-refractivity contribution is 5.79. The summed E-state index contributed by atoms with van der Waals surface area (Å²) in [5.41, 5.74) is 0.214. The minimum atomic E-state index is -0.539. The highest BCUT2D eigenvalue weighted by Crippen LogP contribution is 2.37. The van der Waals surface area contributed by atoms with E-state index in [-0.39, 0.29) is 23.7 Å². The molecule has 0 spiro atoms. The van der Waals surface area contributed by atoms with E-state index < -0.39 is 11.7 Å². The van der Waals surface area contributed by atoms with E-state index >= 15 is 0 Å². The van der Waals surface area contributed by atoms with Gasteiger partial charge in [-0.15, -0.1) is 0 Å². The van der Waals surface area contributed by atoms with Crippen LogP contribution in [0.1, 0.15) is 46.1 Å². The fourth-order valence-corrected chi connectivity index (χ4v) is 2.27. The van der Waals surface area contributed by atoms with Gasteiger partial charge in [0, 0.05) is 0 Å². The first kappa shape index (κ1) is 18.2. The summed E-state index contributed by atoms with van der Waals surface area (Å²) in [4.78, 5) is 12.4. The van der Waals surface area contributed by atoms with E-state index in [1.807, 2.05) is 33.8 Å². The largest absolute Gasteiger partial charge is 0.491 e. The molecule has 1 rings (SSSR count). The first-order valence-corrected chi connectivity index (χ1v) is 7.51. The Hall–Kier alpha value is -1.84. The van der Waals surface area contributed by atoms with Crippen LogP contribution in [0.4, 0.5) is 4.39 Å². The van der Waals surface area contributed by atoms with Crippen LogP contribution in [-0.2, 0) is 9.53 Å². The molecular formula is C18H25FO3. The number of benzene rings is 1. The fraction of sp³-hybridized carbons (Fsp3) is 0.500. The number of carbonyl (C=O) groups excluding carboxylic acids is 1. The van der Waals surface area contributed by atoms with Gasteiger partial charge in [-0.25, -0.2) is 4.39 Å². The third-order valence-electron chi connectivity index (χ3n) is 3.25. The van der Waals surface area contributed by atoms with Gasteiger partial charge in [0.2, 0.25) is 0 Å². The molecule has 0 heterocycles. The Morgan fingerprint density at radius 1 is 1.36 bits per heavy atom. The van der Waals surface area contributed by atoms with Crippen LogP contribution in [0.15, 0.2) is 30.4 Å². The van der Waals surface area contributed by atoms with Crippen molar-refractivity contribution in [3.05, 3.63) is 41.7 Å². The molecule has 0 aliphatic rings. The van der Waals surface area contributed by atoms with Crippen LogP contribution >= 0.6 is 0 Å². The zero-order valence-electron chi connectivity index (χ0n) is 14.0. The molecule has 0 radical (unpaired) electrons. The molecule has 1 aromatic carbocycles. The summed E-state index contributed by atoms with van der Waals surface area (Å²) in [5.74, 6) is -1.16. The maximum Gasteiger partial charge on any atom is 0.314 e. The average Bonchev–Trinajstić information content (AvgIpc) is 2.41. The number of hydrogen-bond acceptors (Lipinski definition) is 3. The summed E-state index contributed by atoms with van der Waals surface area (Å²) >= 11 is 0. The van der Waals surface area contributed by atoms with E-state index in [0.717, 1.165) is 0 Å². The summed E-state index contributed by atoms with van der Waals surface area (Å²) in [5, 5.41) is 0. The van der Waals surface area contributed by atoms with Crippen LogP contribution in [0, 0.1) is 11.2 Å². The first-order valence-electron chi connectivity index (χ1n) is 7.51. The van der Waals surface area contributed by atoms with Crippen molar-refractivity contribution in [2.45, 2.75) is 40.5 Å². The lowest BCUT2D eigenvalue weighted by molar-refractivity contribution is -0.146. The lowest BCUT2D eigenvalue weighted by Gasteiger charge is -2.29. The molecule has 0 bridgehead atoms. The molecule has 1 aromatic rings. The van der Waals surface area contributed by atoms with Crippen molar-refractivity contribution in [2.24, 2.45) is 5.41 Å². The highest BCUT2D eigenvalue weighted by Gasteiger charge is 2.34. The predicted molar refractivity (Wildman–Crippen MR) is 85.5 cm³/mol. The quantitative estimate of drug-likeness (QED) is 0.574. The van der Waals surface area contributed by atoms with Gasteiger partial charge in [-0.05, 0) is 37.0 Å². The SMILES string of the molecule is CC=CCOC(=O)C(c1ccc(OCC)c(F)c1)C(C)(C)C. The Balaban J connectivity index is 3.07. The Morgan fingerprint density at radius 3 is 2.55 bits per heavy atom. The van der Waals surface area contributed by atoms with Gasteiger partial charge >= 0.3 is 5.97 Å². The molecule has 0 saturated heterocycles. The van der Waals surface area contributed by atoms with E-state index in [2.05, 4.69) is 0 Å². The fourth-order valence-electron chi connectivity index (χ4n) is 2.27. The Kier molecular flexibility index (Phi) is 6.60. The zero-order chi connectivity index (χ0) is 16.8. The smallest absolute Gasteiger partial charge is 0.314 e. The van der Waals surface area contributed by atoms with Gasteiger partial charge in [0.25, 0.3) is 0 Å². The van der Waals surface area contributed by atoms with E-state index in [1.165, 1.54) is 6.07 Å². The van der Waals surface area contributed by atoms with Gasteiger partial charge in [0.15, 0.2) is 11.6 Å². The second-order valence-electron chi connectivity index (χ2n) is 6.12. The third kappa shape index (κ3) is 4.86. The first-order chi connectivity index (χ1) is 10.3. The molecule has 0 N–H and O–H groups in total. The lowest BCUT2D eigenvalue weighted by Crippen LogP contribution is -2.28. The van der Waals surface area contributed by atoms with Crippen LogP contribution < -0.4 is 4.74 Å². The molecular weight excluding hydrogens is 283 g/mol. The second kappa shape index (κ2) is 7.97. The predicted octanol–water partition coefficient (Wildman–Crippen LogP) is 4.47. The van der Waals surface area contributed by atoms with Gasteiger partial charge in [-0.3, -0.25) is 4.79 Å². The number of ether oxygens (including phenoxy) is 2. The van der Waals surface area contributed by atoms with Crippen molar-refractivity contribution in [3.8, 4) is 5.75 Å². The number of allylic oxidation sites excluding steroid dienone is 1. The zero-order valence-corrected chi connectivity index (χ0v) is 14.0. The minimum absolute atomic E-state index is 0.196. The molecule has 4 heteroatoms. The molecule has 1 unspecified atom stereocenters. The monoisotopic (exact) mass is 308 g/mol. The topological polar surface area (TPSA) is 35.5 Å². The molecule has 1 atom stereocenters. The van der Waals surface area contributed by atoms with Crippen LogP contribution in [0.25, 0.3) is 0 Å². The summed E-state index contributed by atoms with van der Waals surface area (Å²) in [7, 11) is 0. The Bertz CT molecular complexity index is 530. The van der Waals surface area contributed by atoms with Crippen LogP contribution in [0.3, 0.4) is 0 Å². The molecule has 122 valence electrons. The molecule has 0 fully saturated rings. The van der Waals surface area contributed by atoms with E-state index in [9.17, 15) is 9.18 Å². The second-order valence-corrected chi connectivity index (χ2v) is 6.12. The number of halogens is 1. The van der Waals surface area contributed by atoms with Gasteiger partial charge in [0.05, 0.1) is 12.5 Å². The summed E-state index contributed by atoms with van der Waals surface area (Å²) < 4.78 is 24.5. The summed E-state index contributed by atoms with van der Waals surface area (Å²) in [6, 6.07) is 4.64. The molecule has 0 aromatic heterocycles. The van der Waals surface area contributed by atoms with Gasteiger partial charge in [-0.2, -0.15) is 0 Å². The standard InChI is InChI=1S/C18H25FO3/c1-6-8-11-22-17(20)16(18(3,4)5)13-9-10-15(21-7-2)14(19)12-13/h6,8-10,12,16H,7,11H2,1-5H3. The molecule has 0 amide bonds. The maximum absolute atomic E-state index is 14.1. The van der Waals surface area contributed by atoms with E-state index in [1.54, 1.807) is 25.1 Å². The Morgan fingerprint density at radius 2 is 2.05 bits per heavy atom. The van der Waals surface area contributed by atoms with E-state index in [4.69, 9.17) is 9.47 Å². The third-order valence-corrected chi connectivity index (χ3v) is 3.25. The number of esters is 1. The minimum Gasteiger partial charge on any atom is -0.491 e. The molecule has 22 heavy (non-hydrogen) atoms. The van der Waals surface area contributed by atoms with Crippen LogP contribution in [0.5, 0.6) is 5.75 Å². The maximum atomic E-state index is 14.1. The van der Waals surface area contributed by atoms with Crippen molar-refractivity contribution in [1.82, 2.24) is 0 Å². The molecule has 0 aliphatic heterocycles. The van der Waals surface area contributed by atoms with E-state index in [0.29, 0.717) is 12.2 Å². The molecule has 3 nitrogen and oxygen atoms in total. The van der Waals surface area contributed by atoms with Gasteiger partial charge in [0.1, 0.15) is 6.61 Å². The Labute approximate surface area is 132 Å². The highest BCUT2D eigenvalue weighted by atomic mass is 19.1. The van der Waals surface area contributed by atoms with Gasteiger partial charge < -0.3 is 9.47 Å². The lowest BCUT2D eigenvalue weighted by atomic mass is 9.76. The van der Waals surface area contributed by atoms with Crippen molar-refractivity contribution in [3.63, 3.8) is 0 Å². The van der Waals surface area contributed by atoms with Gasteiger partial charge in [-0.1, -0.05) is 39.0 Å². The van der Waals surface area contributed by atoms with Crippen molar-refractivity contribution in [2.75, 3.05) is 13.2 Å². The average molecular weight is 308 g/mol. The summed E-state index contributed by atoms with van der Waals surface area (Å²) in [6.07, 6.45) is 3.58. The van der Waals surface area contributed by atoms with Crippen molar-refractivity contribution >= 4 is 5.97 Å². The van der Waals surface area contributed by atoms with Crippen molar-refractivity contribution < 1.29 is 18.7 Å². The van der Waals surface area contributed by atoms with Crippen molar-refractivity contribution in [1.29, 1.82) is 0 Å².